The smallest absolute Gasteiger partial charge is 0.119 e. The molecule has 54 valence electrons. The van der Waals surface area contributed by atoms with Crippen LogP contribution in [0.15, 0.2) is 16.7 Å². The van der Waals surface area contributed by atoms with Crippen LogP contribution in [0.2, 0.25) is 0 Å². The minimum atomic E-state index is -0.313. The highest BCUT2D eigenvalue weighted by atomic mass is 32.2. The van der Waals surface area contributed by atoms with E-state index < -0.39 is 0 Å². The lowest BCUT2D eigenvalue weighted by atomic mass is 10.1. The average Bonchev–Trinajstić information content (AvgIpc) is 2.36. The van der Waals surface area contributed by atoms with E-state index in [0.717, 1.165) is 22.8 Å². The van der Waals surface area contributed by atoms with Gasteiger partial charge in [-0.25, -0.2) is 0 Å². The quantitative estimate of drug-likeness (QED) is 0.618. The van der Waals surface area contributed by atoms with Crippen LogP contribution < -0.4 is 0 Å². The van der Waals surface area contributed by atoms with Gasteiger partial charge in [0.25, 0.3) is 0 Å². The SMILES string of the molecule is OC1CSCc2occc21. The predicted octanol–water partition coefficient (Wildman–Crippen LogP) is 1.56. The number of hydrogen-bond donors (Lipinski definition) is 1. The molecule has 0 bridgehead atoms. The van der Waals surface area contributed by atoms with Crippen LogP contribution in [0.3, 0.4) is 0 Å². The van der Waals surface area contributed by atoms with Gasteiger partial charge in [0.15, 0.2) is 0 Å². The Kier molecular flexibility index (Phi) is 1.47. The summed E-state index contributed by atoms with van der Waals surface area (Å²) in [5.41, 5.74) is 0.971. The molecule has 1 aliphatic rings. The average molecular weight is 156 g/mol. The van der Waals surface area contributed by atoms with Crippen LogP contribution in [0.1, 0.15) is 17.4 Å². The molecule has 0 fully saturated rings. The minimum Gasteiger partial charge on any atom is -0.468 e. The minimum absolute atomic E-state index is 0.313. The highest BCUT2D eigenvalue weighted by Gasteiger charge is 2.19. The Morgan fingerprint density at radius 3 is 3.40 bits per heavy atom. The molecule has 0 spiro atoms. The number of thioether (sulfide) groups is 1. The first-order valence-corrected chi connectivity index (χ1v) is 4.35. The predicted molar refractivity (Wildman–Crippen MR) is 39.8 cm³/mol. The van der Waals surface area contributed by atoms with Crippen LogP contribution in [-0.2, 0) is 5.75 Å². The summed E-state index contributed by atoms with van der Waals surface area (Å²) in [7, 11) is 0. The van der Waals surface area contributed by atoms with E-state index >= 15 is 0 Å². The highest BCUT2D eigenvalue weighted by molar-refractivity contribution is 7.98. The van der Waals surface area contributed by atoms with E-state index in [4.69, 9.17) is 4.42 Å². The van der Waals surface area contributed by atoms with Crippen LogP contribution in [0.4, 0.5) is 0 Å². The molecule has 1 aliphatic heterocycles. The number of fused-ring (bicyclic) bond motifs is 1. The third-order valence-corrected chi connectivity index (χ3v) is 2.67. The van der Waals surface area contributed by atoms with Crippen molar-refractivity contribution in [2.75, 3.05) is 5.75 Å². The fourth-order valence-corrected chi connectivity index (χ4v) is 2.06. The molecule has 1 N–H and O–H groups in total. The van der Waals surface area contributed by atoms with Crippen LogP contribution in [-0.4, -0.2) is 10.9 Å². The second-order valence-corrected chi connectivity index (χ2v) is 3.36. The normalized spacial score (nSPS) is 24.3. The summed E-state index contributed by atoms with van der Waals surface area (Å²) in [6.07, 6.45) is 1.33. The van der Waals surface area contributed by atoms with E-state index in [-0.39, 0.29) is 6.10 Å². The topological polar surface area (TPSA) is 33.4 Å². The summed E-state index contributed by atoms with van der Waals surface area (Å²) in [5, 5.41) is 9.37. The monoisotopic (exact) mass is 156 g/mol. The molecule has 0 saturated heterocycles. The van der Waals surface area contributed by atoms with Gasteiger partial charge in [-0.2, -0.15) is 11.8 Å². The molecule has 1 aromatic heterocycles. The first kappa shape index (κ1) is 6.31. The largest absolute Gasteiger partial charge is 0.468 e. The Hall–Kier alpha value is -0.410. The maximum absolute atomic E-state index is 9.37. The van der Waals surface area contributed by atoms with Crippen LogP contribution in [0, 0.1) is 0 Å². The molecule has 0 radical (unpaired) electrons. The van der Waals surface area contributed by atoms with E-state index in [1.165, 1.54) is 0 Å². The number of aliphatic hydroxyl groups is 1. The first-order chi connectivity index (χ1) is 4.88. The maximum atomic E-state index is 9.37. The number of rotatable bonds is 0. The molecule has 0 aliphatic carbocycles. The van der Waals surface area contributed by atoms with Gasteiger partial charge in [-0.1, -0.05) is 0 Å². The van der Waals surface area contributed by atoms with E-state index in [1.54, 1.807) is 18.0 Å². The van der Waals surface area contributed by atoms with Gasteiger partial charge in [0.1, 0.15) is 5.76 Å². The van der Waals surface area contributed by atoms with Crippen molar-refractivity contribution in [1.82, 2.24) is 0 Å². The standard InChI is InChI=1S/C7H8O2S/c8-6-3-10-4-7-5(6)1-2-9-7/h1-2,6,8H,3-4H2. The van der Waals surface area contributed by atoms with E-state index in [9.17, 15) is 5.11 Å². The van der Waals surface area contributed by atoms with Crippen molar-refractivity contribution in [2.24, 2.45) is 0 Å². The Bertz CT molecular complexity index is 231. The van der Waals surface area contributed by atoms with E-state index in [0.29, 0.717) is 0 Å². The second kappa shape index (κ2) is 2.32. The zero-order valence-corrected chi connectivity index (χ0v) is 6.23. The summed E-state index contributed by atoms with van der Waals surface area (Å²) >= 11 is 1.71. The lowest BCUT2D eigenvalue weighted by Crippen LogP contribution is -2.06. The number of aliphatic hydroxyl groups excluding tert-OH is 1. The molecule has 0 aromatic carbocycles. The Labute approximate surface area is 63.2 Å². The summed E-state index contributed by atoms with van der Waals surface area (Å²) < 4.78 is 5.15. The van der Waals surface area contributed by atoms with Gasteiger partial charge >= 0.3 is 0 Å². The molecule has 2 rings (SSSR count). The van der Waals surface area contributed by atoms with Gasteiger partial charge in [0.2, 0.25) is 0 Å². The van der Waals surface area contributed by atoms with Crippen molar-refractivity contribution in [2.45, 2.75) is 11.9 Å². The van der Waals surface area contributed by atoms with Gasteiger partial charge in [-0.15, -0.1) is 0 Å². The molecule has 3 heteroatoms. The van der Waals surface area contributed by atoms with Gasteiger partial charge in [-0.3, -0.25) is 0 Å². The van der Waals surface area contributed by atoms with Gasteiger partial charge in [0, 0.05) is 11.3 Å². The molecule has 1 atom stereocenters. The molecule has 1 unspecified atom stereocenters. The number of furan rings is 1. The van der Waals surface area contributed by atoms with E-state index in [2.05, 4.69) is 0 Å². The van der Waals surface area contributed by atoms with Gasteiger partial charge in [-0.05, 0) is 6.07 Å². The molecular weight excluding hydrogens is 148 g/mol. The zero-order chi connectivity index (χ0) is 6.97. The van der Waals surface area contributed by atoms with Gasteiger partial charge in [0.05, 0.1) is 18.1 Å². The van der Waals surface area contributed by atoms with Gasteiger partial charge < -0.3 is 9.52 Å². The molecule has 2 heterocycles. The Balaban J connectivity index is 2.41. The maximum Gasteiger partial charge on any atom is 0.119 e. The second-order valence-electron chi connectivity index (χ2n) is 2.33. The molecule has 0 saturated carbocycles. The summed E-state index contributed by atoms with van der Waals surface area (Å²) in [5.74, 6) is 2.63. The van der Waals surface area contributed by atoms with Crippen molar-refractivity contribution in [1.29, 1.82) is 0 Å². The van der Waals surface area contributed by atoms with Crippen molar-refractivity contribution >= 4 is 11.8 Å². The Morgan fingerprint density at radius 1 is 1.70 bits per heavy atom. The van der Waals surface area contributed by atoms with Crippen molar-refractivity contribution in [3.05, 3.63) is 23.7 Å². The molecule has 1 aromatic rings. The highest BCUT2D eigenvalue weighted by Crippen LogP contribution is 2.31. The summed E-state index contributed by atoms with van der Waals surface area (Å²) in [6, 6.07) is 1.85. The lowest BCUT2D eigenvalue weighted by molar-refractivity contribution is 0.200. The number of hydrogen-bond acceptors (Lipinski definition) is 3. The van der Waals surface area contributed by atoms with E-state index in [1.807, 2.05) is 6.07 Å². The lowest BCUT2D eigenvalue weighted by Gasteiger charge is -2.14. The molecule has 0 amide bonds. The summed E-state index contributed by atoms with van der Waals surface area (Å²) in [6.45, 7) is 0. The van der Waals surface area contributed by atoms with Crippen LogP contribution in [0.5, 0.6) is 0 Å². The summed E-state index contributed by atoms with van der Waals surface area (Å²) in [4.78, 5) is 0. The fourth-order valence-electron chi connectivity index (χ4n) is 1.12. The first-order valence-electron chi connectivity index (χ1n) is 3.20. The fraction of sp³-hybridized carbons (Fsp3) is 0.429. The molecular formula is C7H8O2S. The van der Waals surface area contributed by atoms with Crippen LogP contribution >= 0.6 is 11.8 Å². The molecule has 10 heavy (non-hydrogen) atoms. The van der Waals surface area contributed by atoms with Crippen LogP contribution in [0.25, 0.3) is 0 Å². The third-order valence-electron chi connectivity index (χ3n) is 1.65. The van der Waals surface area contributed by atoms with Crippen molar-refractivity contribution in [3.63, 3.8) is 0 Å². The van der Waals surface area contributed by atoms with Crippen molar-refractivity contribution in [3.8, 4) is 0 Å². The Morgan fingerprint density at radius 2 is 2.60 bits per heavy atom. The molecule has 2 nitrogen and oxygen atoms in total. The third kappa shape index (κ3) is 0.859. The van der Waals surface area contributed by atoms with Crippen molar-refractivity contribution < 1.29 is 9.52 Å². The zero-order valence-electron chi connectivity index (χ0n) is 5.41.